The molecule has 0 aliphatic rings. The Morgan fingerprint density at radius 2 is 2.32 bits per heavy atom. The molecule has 100 valence electrons. The molecule has 0 aliphatic heterocycles. The van der Waals surface area contributed by atoms with Gasteiger partial charge in [-0.15, -0.1) is 10.2 Å². The maximum Gasteiger partial charge on any atom is 0.231 e. The van der Waals surface area contributed by atoms with E-state index >= 15 is 0 Å². The summed E-state index contributed by atoms with van der Waals surface area (Å²) in [7, 11) is 0. The minimum absolute atomic E-state index is 0.0537. The normalized spacial score (nSPS) is 10.5. The zero-order valence-electron chi connectivity index (χ0n) is 10.2. The summed E-state index contributed by atoms with van der Waals surface area (Å²) in [6, 6.07) is 4.49. The number of nitrogens with one attached hydrogen (secondary N) is 1. The van der Waals surface area contributed by atoms with Gasteiger partial charge in [0.15, 0.2) is 0 Å². The number of halogens is 2. The van der Waals surface area contributed by atoms with Crippen molar-refractivity contribution >= 4 is 27.8 Å². The molecule has 0 saturated heterocycles. The van der Waals surface area contributed by atoms with Crippen molar-refractivity contribution in [2.75, 3.05) is 5.32 Å². The molecule has 7 heteroatoms. The van der Waals surface area contributed by atoms with E-state index < -0.39 is 5.82 Å². The molecule has 1 amide bonds. The smallest absolute Gasteiger partial charge is 0.231 e. The van der Waals surface area contributed by atoms with Crippen LogP contribution in [0.2, 0.25) is 0 Å². The van der Waals surface area contributed by atoms with Crippen molar-refractivity contribution in [2.45, 2.75) is 19.9 Å². The van der Waals surface area contributed by atoms with Gasteiger partial charge in [-0.1, -0.05) is 15.9 Å². The van der Waals surface area contributed by atoms with Crippen LogP contribution in [0.25, 0.3) is 0 Å². The first kappa shape index (κ1) is 13.7. The molecule has 2 rings (SSSR count). The summed E-state index contributed by atoms with van der Waals surface area (Å²) in [6.45, 7) is 2.56. The first-order valence-corrected chi connectivity index (χ1v) is 6.51. The Morgan fingerprint density at radius 3 is 3.05 bits per heavy atom. The van der Waals surface area contributed by atoms with Crippen molar-refractivity contribution in [3.63, 3.8) is 0 Å². The predicted molar refractivity (Wildman–Crippen MR) is 72.1 cm³/mol. The molecule has 1 heterocycles. The lowest BCUT2D eigenvalue weighted by Crippen LogP contribution is -2.18. The lowest BCUT2D eigenvalue weighted by molar-refractivity contribution is -0.115. The highest BCUT2D eigenvalue weighted by atomic mass is 79.9. The summed E-state index contributed by atoms with van der Waals surface area (Å²) in [5.41, 5.74) is 0.328. The summed E-state index contributed by atoms with van der Waals surface area (Å²) in [5.74, 6) is -0.377. The van der Waals surface area contributed by atoms with Gasteiger partial charge in [-0.05, 0) is 30.7 Å². The van der Waals surface area contributed by atoms with Crippen LogP contribution in [0.4, 0.5) is 10.3 Å². The molecule has 0 fully saturated rings. The highest BCUT2D eigenvalue weighted by Gasteiger charge is 2.11. The van der Waals surface area contributed by atoms with Crippen LogP contribution in [0.3, 0.4) is 0 Å². The topological polar surface area (TPSA) is 59.8 Å². The molecule has 0 atom stereocenters. The molecular weight excluding hydrogens is 315 g/mol. The van der Waals surface area contributed by atoms with E-state index in [-0.39, 0.29) is 12.3 Å². The quantitative estimate of drug-likeness (QED) is 0.938. The molecule has 1 N–H and O–H groups in total. The Bertz CT molecular complexity index is 599. The highest BCUT2D eigenvalue weighted by molar-refractivity contribution is 9.10. The zero-order chi connectivity index (χ0) is 13.8. The minimum atomic E-state index is -0.407. The van der Waals surface area contributed by atoms with Gasteiger partial charge in [0.1, 0.15) is 12.1 Å². The molecule has 0 spiro atoms. The molecule has 1 aromatic heterocycles. The number of nitrogens with zero attached hydrogens (tertiary/aromatic N) is 3. The Labute approximate surface area is 118 Å². The summed E-state index contributed by atoms with van der Waals surface area (Å²) in [5, 5.41) is 10.1. The maximum atomic E-state index is 13.5. The summed E-state index contributed by atoms with van der Waals surface area (Å²) in [4.78, 5) is 11.8. The monoisotopic (exact) mass is 326 g/mol. The number of amides is 1. The third-order valence-electron chi connectivity index (χ3n) is 2.57. The van der Waals surface area contributed by atoms with E-state index in [1.165, 1.54) is 12.4 Å². The fraction of sp³-hybridized carbons (Fsp3) is 0.250. The van der Waals surface area contributed by atoms with Crippen molar-refractivity contribution in [1.82, 2.24) is 14.8 Å². The van der Waals surface area contributed by atoms with Crippen LogP contribution in [0.5, 0.6) is 0 Å². The molecule has 0 radical (unpaired) electrons. The van der Waals surface area contributed by atoms with Crippen molar-refractivity contribution in [3.05, 3.63) is 40.4 Å². The molecule has 5 nitrogen and oxygen atoms in total. The van der Waals surface area contributed by atoms with E-state index in [0.717, 1.165) is 4.47 Å². The summed E-state index contributed by atoms with van der Waals surface area (Å²) < 4.78 is 15.9. The summed E-state index contributed by atoms with van der Waals surface area (Å²) in [6.07, 6.45) is 1.47. The Hall–Kier alpha value is -1.76. The molecule has 0 saturated carbocycles. The standard InChI is InChI=1S/C12H12BrFN4O/c1-2-18-7-15-17-12(18)16-11(19)6-8-5-9(13)3-4-10(8)14/h3-5,7H,2,6H2,1H3,(H,16,17,19). The van der Waals surface area contributed by atoms with E-state index in [1.807, 2.05) is 6.92 Å². The molecule has 0 aliphatic carbocycles. The van der Waals surface area contributed by atoms with Crippen LogP contribution in [0, 0.1) is 5.82 Å². The Balaban J connectivity index is 2.07. The van der Waals surface area contributed by atoms with E-state index in [1.54, 1.807) is 16.7 Å². The average molecular weight is 327 g/mol. The first-order chi connectivity index (χ1) is 9.10. The largest absolute Gasteiger partial charge is 0.300 e. The predicted octanol–water partition coefficient (Wildman–Crippen LogP) is 2.38. The van der Waals surface area contributed by atoms with Crippen LogP contribution in [-0.4, -0.2) is 20.7 Å². The van der Waals surface area contributed by atoms with Crippen molar-refractivity contribution in [1.29, 1.82) is 0 Å². The van der Waals surface area contributed by atoms with Gasteiger partial charge in [0.25, 0.3) is 0 Å². The number of benzene rings is 1. The third-order valence-corrected chi connectivity index (χ3v) is 3.06. The summed E-state index contributed by atoms with van der Waals surface area (Å²) >= 11 is 3.24. The molecule has 1 aromatic carbocycles. The number of carbonyl (C=O) groups is 1. The van der Waals surface area contributed by atoms with Gasteiger partial charge in [-0.3, -0.25) is 10.1 Å². The van der Waals surface area contributed by atoms with Crippen LogP contribution in [0.15, 0.2) is 29.0 Å². The van der Waals surface area contributed by atoms with Gasteiger partial charge in [-0.25, -0.2) is 4.39 Å². The van der Waals surface area contributed by atoms with E-state index in [2.05, 4.69) is 31.4 Å². The van der Waals surface area contributed by atoms with Crippen LogP contribution >= 0.6 is 15.9 Å². The lowest BCUT2D eigenvalue weighted by atomic mass is 10.1. The van der Waals surface area contributed by atoms with E-state index in [0.29, 0.717) is 18.1 Å². The fourth-order valence-corrected chi connectivity index (χ4v) is 2.01. The number of anilines is 1. The Morgan fingerprint density at radius 1 is 1.53 bits per heavy atom. The average Bonchev–Trinajstić information content (AvgIpc) is 2.81. The number of aromatic nitrogens is 3. The van der Waals surface area contributed by atoms with E-state index in [4.69, 9.17) is 0 Å². The fourth-order valence-electron chi connectivity index (χ4n) is 1.60. The van der Waals surface area contributed by atoms with Crippen molar-refractivity contribution < 1.29 is 9.18 Å². The van der Waals surface area contributed by atoms with E-state index in [9.17, 15) is 9.18 Å². The van der Waals surface area contributed by atoms with Gasteiger partial charge >= 0.3 is 0 Å². The molecule has 19 heavy (non-hydrogen) atoms. The number of rotatable bonds is 4. The second-order valence-corrected chi connectivity index (χ2v) is 4.82. The van der Waals surface area contributed by atoms with Gasteiger partial charge in [0, 0.05) is 11.0 Å². The highest BCUT2D eigenvalue weighted by Crippen LogP contribution is 2.16. The van der Waals surface area contributed by atoms with Gasteiger partial charge in [0.05, 0.1) is 6.42 Å². The van der Waals surface area contributed by atoms with Crippen molar-refractivity contribution in [3.8, 4) is 0 Å². The molecule has 0 bridgehead atoms. The SMILES string of the molecule is CCn1cnnc1NC(=O)Cc1cc(Br)ccc1F. The zero-order valence-corrected chi connectivity index (χ0v) is 11.8. The number of hydrogen-bond acceptors (Lipinski definition) is 3. The number of aryl methyl sites for hydroxylation is 1. The molecular formula is C12H12BrFN4O. The second-order valence-electron chi connectivity index (χ2n) is 3.90. The van der Waals surface area contributed by atoms with Crippen LogP contribution < -0.4 is 5.32 Å². The van der Waals surface area contributed by atoms with Crippen molar-refractivity contribution in [2.24, 2.45) is 0 Å². The minimum Gasteiger partial charge on any atom is -0.300 e. The number of hydrogen-bond donors (Lipinski definition) is 1. The third kappa shape index (κ3) is 3.37. The van der Waals surface area contributed by atoms with Crippen LogP contribution in [0.1, 0.15) is 12.5 Å². The van der Waals surface area contributed by atoms with Gasteiger partial charge in [-0.2, -0.15) is 0 Å². The van der Waals surface area contributed by atoms with Crippen LogP contribution in [-0.2, 0) is 17.8 Å². The molecule has 2 aromatic rings. The second kappa shape index (κ2) is 5.92. The Kier molecular flexibility index (Phi) is 4.26. The van der Waals surface area contributed by atoms with Gasteiger partial charge < -0.3 is 4.57 Å². The maximum absolute atomic E-state index is 13.5. The number of carbonyl (C=O) groups excluding carboxylic acids is 1. The first-order valence-electron chi connectivity index (χ1n) is 5.71. The van der Waals surface area contributed by atoms with Gasteiger partial charge in [0.2, 0.25) is 11.9 Å². The lowest BCUT2D eigenvalue weighted by Gasteiger charge is -2.06. The molecule has 0 unspecified atom stereocenters.